The molecule has 3 rings (SSSR count). The van der Waals surface area contributed by atoms with Crippen LogP contribution in [0.25, 0.3) is 10.4 Å². The second-order valence-electron chi connectivity index (χ2n) is 5.27. The Balaban J connectivity index is 1.52. The maximum atomic E-state index is 11.9. The second-order valence-corrected chi connectivity index (χ2v) is 6.22. The van der Waals surface area contributed by atoms with Gasteiger partial charge in [0.25, 0.3) is 0 Å². The zero-order chi connectivity index (χ0) is 15.2. The summed E-state index contributed by atoms with van der Waals surface area (Å²) in [4.78, 5) is 17.4. The Hall–Kier alpha value is -1.92. The van der Waals surface area contributed by atoms with Crippen molar-refractivity contribution in [1.82, 2.24) is 15.6 Å². The first kappa shape index (κ1) is 15.0. The fraction of sp³-hybridized carbons (Fsp3) is 0.375. The van der Waals surface area contributed by atoms with E-state index in [1.54, 1.807) is 17.5 Å². The van der Waals surface area contributed by atoms with Crippen molar-refractivity contribution in [2.75, 3.05) is 13.2 Å². The van der Waals surface area contributed by atoms with E-state index in [1.165, 1.54) is 4.88 Å². The van der Waals surface area contributed by atoms with Crippen LogP contribution in [-0.4, -0.2) is 30.3 Å². The number of rotatable bonds is 4. The third-order valence-corrected chi connectivity index (χ3v) is 4.53. The van der Waals surface area contributed by atoms with Crippen molar-refractivity contribution in [2.24, 2.45) is 0 Å². The van der Waals surface area contributed by atoms with Crippen molar-refractivity contribution >= 4 is 17.4 Å². The Labute approximate surface area is 133 Å². The van der Waals surface area contributed by atoms with E-state index >= 15 is 0 Å². The topological polar surface area (TPSA) is 63.2 Å². The number of nitrogens with zero attached hydrogens (tertiary/aromatic N) is 1. The molecule has 2 aromatic rings. The van der Waals surface area contributed by atoms with Gasteiger partial charge in [0.2, 0.25) is 0 Å². The van der Waals surface area contributed by atoms with E-state index in [0.29, 0.717) is 6.54 Å². The van der Waals surface area contributed by atoms with Gasteiger partial charge in [-0.2, -0.15) is 0 Å². The summed E-state index contributed by atoms with van der Waals surface area (Å²) in [6, 6.07) is 6.23. The Morgan fingerprint density at radius 1 is 1.36 bits per heavy atom. The molecule has 1 aliphatic heterocycles. The smallest absolute Gasteiger partial charge is 0.315 e. The number of aromatic nitrogens is 1. The molecule has 2 aromatic heterocycles. The van der Waals surface area contributed by atoms with Crippen LogP contribution in [0.2, 0.25) is 0 Å². The van der Waals surface area contributed by atoms with Crippen LogP contribution in [0.4, 0.5) is 4.79 Å². The molecular weight excluding hydrogens is 298 g/mol. The van der Waals surface area contributed by atoms with E-state index in [1.807, 2.05) is 17.6 Å². The fourth-order valence-electron chi connectivity index (χ4n) is 2.42. The molecule has 2 amide bonds. The molecule has 0 saturated carbocycles. The summed E-state index contributed by atoms with van der Waals surface area (Å²) in [5.41, 5.74) is 2.08. The van der Waals surface area contributed by atoms with Gasteiger partial charge >= 0.3 is 6.03 Å². The summed E-state index contributed by atoms with van der Waals surface area (Å²) in [6.45, 7) is 1.91. The molecule has 3 heterocycles. The van der Waals surface area contributed by atoms with Crippen molar-refractivity contribution in [1.29, 1.82) is 0 Å². The molecule has 0 radical (unpaired) electrons. The largest absolute Gasteiger partial charge is 0.381 e. The summed E-state index contributed by atoms with van der Waals surface area (Å²) in [5, 5.41) is 7.92. The van der Waals surface area contributed by atoms with E-state index in [2.05, 4.69) is 27.8 Å². The molecule has 0 aromatic carbocycles. The van der Waals surface area contributed by atoms with Gasteiger partial charge in [-0.3, -0.25) is 4.98 Å². The van der Waals surface area contributed by atoms with Gasteiger partial charge in [0, 0.05) is 48.6 Å². The first-order chi connectivity index (χ1) is 10.8. The standard InChI is InChI=1S/C16H19N3O2S/c20-16(19-14-3-5-21-6-4-14)18-10-12-8-13(11-17-9-12)15-2-1-7-22-15/h1-2,7-9,11,14H,3-6,10H2,(H2,18,19,20). The second kappa shape index (κ2) is 7.38. The molecule has 22 heavy (non-hydrogen) atoms. The minimum atomic E-state index is -0.131. The minimum absolute atomic E-state index is 0.131. The zero-order valence-corrected chi connectivity index (χ0v) is 13.1. The van der Waals surface area contributed by atoms with Gasteiger partial charge in [0.15, 0.2) is 0 Å². The molecule has 1 fully saturated rings. The predicted molar refractivity (Wildman–Crippen MR) is 86.8 cm³/mol. The number of hydrogen-bond donors (Lipinski definition) is 2. The Bertz CT molecular complexity index is 610. The number of ether oxygens (including phenoxy) is 1. The molecule has 0 spiro atoms. The lowest BCUT2D eigenvalue weighted by atomic mass is 10.1. The van der Waals surface area contributed by atoms with Crippen LogP contribution in [0, 0.1) is 0 Å². The van der Waals surface area contributed by atoms with E-state index in [4.69, 9.17) is 4.74 Å². The maximum Gasteiger partial charge on any atom is 0.315 e. The summed E-state index contributed by atoms with van der Waals surface area (Å²) in [5.74, 6) is 0. The lowest BCUT2D eigenvalue weighted by molar-refractivity contribution is 0.0801. The van der Waals surface area contributed by atoms with Crippen molar-refractivity contribution < 1.29 is 9.53 Å². The Morgan fingerprint density at radius 2 is 2.23 bits per heavy atom. The number of thiophene rings is 1. The number of carbonyl (C=O) groups is 1. The molecule has 5 nitrogen and oxygen atoms in total. The molecule has 0 unspecified atom stereocenters. The van der Waals surface area contributed by atoms with Gasteiger partial charge in [-0.25, -0.2) is 4.79 Å². The molecule has 0 aliphatic carbocycles. The molecule has 2 N–H and O–H groups in total. The summed E-state index contributed by atoms with van der Waals surface area (Å²) < 4.78 is 5.28. The number of carbonyl (C=O) groups excluding carboxylic acids is 1. The monoisotopic (exact) mass is 317 g/mol. The van der Waals surface area contributed by atoms with Crippen LogP contribution in [0.3, 0.4) is 0 Å². The van der Waals surface area contributed by atoms with Crippen LogP contribution < -0.4 is 10.6 Å². The van der Waals surface area contributed by atoms with Crippen molar-refractivity contribution in [3.8, 4) is 10.4 Å². The van der Waals surface area contributed by atoms with E-state index in [-0.39, 0.29) is 12.1 Å². The minimum Gasteiger partial charge on any atom is -0.381 e. The molecule has 0 atom stereocenters. The van der Waals surface area contributed by atoms with Crippen molar-refractivity contribution in [2.45, 2.75) is 25.4 Å². The number of hydrogen-bond acceptors (Lipinski definition) is 4. The summed E-state index contributed by atoms with van der Waals surface area (Å²) in [6.07, 6.45) is 5.38. The quantitative estimate of drug-likeness (QED) is 0.911. The highest BCUT2D eigenvalue weighted by atomic mass is 32.1. The summed E-state index contributed by atoms with van der Waals surface area (Å²) >= 11 is 1.68. The average Bonchev–Trinajstić information content (AvgIpc) is 3.09. The van der Waals surface area contributed by atoms with Gasteiger partial charge < -0.3 is 15.4 Å². The number of urea groups is 1. The highest BCUT2D eigenvalue weighted by Gasteiger charge is 2.15. The molecule has 116 valence electrons. The normalized spacial score (nSPS) is 15.5. The number of pyridine rings is 1. The van der Waals surface area contributed by atoms with Gasteiger partial charge in [-0.05, 0) is 35.9 Å². The predicted octanol–water partition coefficient (Wildman–Crippen LogP) is 2.79. The number of amides is 2. The van der Waals surface area contributed by atoms with Crippen LogP contribution in [0.5, 0.6) is 0 Å². The van der Waals surface area contributed by atoms with Crippen molar-refractivity contribution in [3.05, 3.63) is 41.5 Å². The fourth-order valence-corrected chi connectivity index (χ4v) is 3.13. The zero-order valence-electron chi connectivity index (χ0n) is 12.2. The lowest BCUT2D eigenvalue weighted by Gasteiger charge is -2.23. The van der Waals surface area contributed by atoms with Gasteiger partial charge in [-0.1, -0.05) is 6.07 Å². The van der Waals surface area contributed by atoms with Crippen LogP contribution >= 0.6 is 11.3 Å². The highest BCUT2D eigenvalue weighted by molar-refractivity contribution is 7.13. The third kappa shape index (κ3) is 4.05. The molecule has 1 aliphatic rings. The first-order valence-corrected chi connectivity index (χ1v) is 8.29. The van der Waals surface area contributed by atoms with Gasteiger partial charge in [0.05, 0.1) is 0 Å². The van der Waals surface area contributed by atoms with Crippen LogP contribution in [0.15, 0.2) is 36.0 Å². The van der Waals surface area contributed by atoms with Gasteiger partial charge in [-0.15, -0.1) is 11.3 Å². The van der Waals surface area contributed by atoms with Crippen LogP contribution in [-0.2, 0) is 11.3 Å². The Morgan fingerprint density at radius 3 is 3.00 bits per heavy atom. The summed E-state index contributed by atoms with van der Waals surface area (Å²) in [7, 11) is 0. The molecule has 6 heteroatoms. The SMILES string of the molecule is O=C(NCc1cncc(-c2cccs2)c1)NC1CCOCC1. The van der Waals surface area contributed by atoms with E-state index in [0.717, 1.165) is 37.2 Å². The maximum absolute atomic E-state index is 11.9. The van der Waals surface area contributed by atoms with Crippen molar-refractivity contribution in [3.63, 3.8) is 0 Å². The molecule has 1 saturated heterocycles. The first-order valence-electron chi connectivity index (χ1n) is 7.41. The number of nitrogens with one attached hydrogen (secondary N) is 2. The lowest BCUT2D eigenvalue weighted by Crippen LogP contribution is -2.44. The highest BCUT2D eigenvalue weighted by Crippen LogP contribution is 2.24. The molecule has 0 bridgehead atoms. The van der Waals surface area contributed by atoms with E-state index in [9.17, 15) is 4.79 Å². The average molecular weight is 317 g/mol. The molecular formula is C16H19N3O2S. The van der Waals surface area contributed by atoms with Crippen LogP contribution in [0.1, 0.15) is 18.4 Å². The van der Waals surface area contributed by atoms with Gasteiger partial charge in [0.1, 0.15) is 0 Å². The Kier molecular flexibility index (Phi) is 5.03. The van der Waals surface area contributed by atoms with E-state index < -0.39 is 0 Å². The third-order valence-electron chi connectivity index (χ3n) is 3.61.